The van der Waals surface area contributed by atoms with Crippen LogP contribution in [0.3, 0.4) is 0 Å². The van der Waals surface area contributed by atoms with Crippen molar-refractivity contribution in [2.24, 2.45) is 10.4 Å². The lowest BCUT2D eigenvalue weighted by Crippen LogP contribution is -2.41. The number of nitrogens with zero attached hydrogens (tertiary/aromatic N) is 2. The van der Waals surface area contributed by atoms with Gasteiger partial charge in [-0.15, -0.1) is 0 Å². The molecule has 2 fully saturated rings. The minimum Gasteiger partial charge on any atom is -0.462 e. The molecule has 5 nitrogen and oxygen atoms in total. The van der Waals surface area contributed by atoms with Crippen LogP contribution in [0.4, 0.5) is 0 Å². The topological polar surface area (TPSA) is 53.9 Å². The Hall–Kier alpha value is -1.26. The fourth-order valence-corrected chi connectivity index (χ4v) is 3.31. The second-order valence-corrected chi connectivity index (χ2v) is 7.31. The largest absolute Gasteiger partial charge is 0.462 e. The summed E-state index contributed by atoms with van der Waals surface area (Å²) in [5.41, 5.74) is 0.364. The average Bonchev–Trinajstić information content (AvgIpc) is 3.08. The maximum absolute atomic E-state index is 11.8. The molecule has 0 bridgehead atoms. The summed E-state index contributed by atoms with van der Waals surface area (Å²) in [6.07, 6.45) is 7.14. The number of aliphatic imine (C=N–C) groups is 1. The van der Waals surface area contributed by atoms with E-state index in [-0.39, 0.29) is 12.1 Å². The lowest BCUT2D eigenvalue weighted by molar-refractivity contribution is -0.148. The molecule has 0 unspecified atom stereocenters. The van der Waals surface area contributed by atoms with E-state index in [2.05, 4.69) is 29.1 Å². The molecular weight excluding hydrogens is 278 g/mol. The Kier molecular flexibility index (Phi) is 6.09. The first-order valence-corrected chi connectivity index (χ1v) is 8.65. The monoisotopic (exact) mass is 309 g/mol. The summed E-state index contributed by atoms with van der Waals surface area (Å²) in [4.78, 5) is 18.4. The molecule has 5 heteroatoms. The molecule has 0 atom stereocenters. The molecule has 1 saturated heterocycles. The predicted molar refractivity (Wildman–Crippen MR) is 88.9 cm³/mol. The molecule has 1 heterocycles. The highest BCUT2D eigenvalue weighted by Crippen LogP contribution is 2.28. The van der Waals surface area contributed by atoms with Crippen LogP contribution >= 0.6 is 0 Å². The molecule has 0 spiro atoms. The Morgan fingerprint density at radius 2 is 2.09 bits per heavy atom. The molecule has 126 valence electrons. The van der Waals surface area contributed by atoms with E-state index in [1.54, 1.807) is 0 Å². The Morgan fingerprint density at radius 1 is 1.36 bits per heavy atom. The maximum Gasteiger partial charge on any atom is 0.306 e. The number of likely N-dealkylation sites (tertiary alicyclic amines) is 1. The number of carbonyl (C=O) groups is 1. The van der Waals surface area contributed by atoms with E-state index in [1.165, 1.54) is 19.3 Å². The van der Waals surface area contributed by atoms with Crippen LogP contribution in [0.2, 0.25) is 0 Å². The van der Waals surface area contributed by atoms with E-state index in [1.807, 2.05) is 7.05 Å². The minimum atomic E-state index is -0.0500. The van der Waals surface area contributed by atoms with Crippen molar-refractivity contribution >= 4 is 11.9 Å². The van der Waals surface area contributed by atoms with Gasteiger partial charge in [0.05, 0.1) is 0 Å². The van der Waals surface area contributed by atoms with Crippen molar-refractivity contribution in [3.05, 3.63) is 0 Å². The lowest BCUT2D eigenvalue weighted by atomic mass is 9.93. The van der Waals surface area contributed by atoms with Crippen LogP contribution in [-0.4, -0.2) is 49.6 Å². The quantitative estimate of drug-likeness (QED) is 0.367. The molecule has 1 saturated carbocycles. The van der Waals surface area contributed by atoms with Crippen LogP contribution in [0.5, 0.6) is 0 Å². The van der Waals surface area contributed by atoms with Crippen LogP contribution in [0.25, 0.3) is 0 Å². The van der Waals surface area contributed by atoms with Gasteiger partial charge in [0.15, 0.2) is 5.96 Å². The standard InChI is InChI=1S/C17H31N3O2/c1-17(2)10-12-20(13-17)16(18-3)19-11-6-9-15(21)22-14-7-4-5-8-14/h14H,4-13H2,1-3H3,(H,18,19). The Balaban J connectivity index is 1.61. The third-order valence-corrected chi connectivity index (χ3v) is 4.63. The van der Waals surface area contributed by atoms with Crippen molar-refractivity contribution in [1.82, 2.24) is 10.2 Å². The molecule has 0 amide bonds. The van der Waals surface area contributed by atoms with Crippen LogP contribution in [0, 0.1) is 5.41 Å². The van der Waals surface area contributed by atoms with Gasteiger partial charge in [-0.25, -0.2) is 0 Å². The number of ether oxygens (including phenoxy) is 1. The zero-order valence-electron chi connectivity index (χ0n) is 14.4. The van der Waals surface area contributed by atoms with Crippen LogP contribution in [0.15, 0.2) is 4.99 Å². The van der Waals surface area contributed by atoms with E-state index < -0.39 is 0 Å². The number of guanidine groups is 1. The normalized spacial score (nSPS) is 22.1. The van der Waals surface area contributed by atoms with Crippen LogP contribution < -0.4 is 5.32 Å². The predicted octanol–water partition coefficient (Wildman–Crippen LogP) is 2.56. The molecule has 1 N–H and O–H groups in total. The summed E-state index contributed by atoms with van der Waals surface area (Å²) in [6.45, 7) is 7.44. The second-order valence-electron chi connectivity index (χ2n) is 7.31. The number of esters is 1. The molecule has 0 aromatic rings. The molecule has 0 radical (unpaired) electrons. The number of nitrogens with one attached hydrogen (secondary N) is 1. The first-order valence-electron chi connectivity index (χ1n) is 8.65. The van der Waals surface area contributed by atoms with Gasteiger partial charge in [0.2, 0.25) is 0 Å². The van der Waals surface area contributed by atoms with E-state index in [0.717, 1.165) is 44.9 Å². The number of carbonyl (C=O) groups excluding carboxylic acids is 1. The molecule has 0 aromatic heterocycles. The zero-order chi connectivity index (χ0) is 16.0. The lowest BCUT2D eigenvalue weighted by Gasteiger charge is -2.23. The fraction of sp³-hybridized carbons (Fsp3) is 0.882. The summed E-state index contributed by atoms with van der Waals surface area (Å²) in [5.74, 6) is 0.903. The molecule has 2 rings (SSSR count). The molecule has 1 aliphatic heterocycles. The number of hydrogen-bond acceptors (Lipinski definition) is 3. The van der Waals surface area contributed by atoms with Gasteiger partial charge < -0.3 is 15.0 Å². The zero-order valence-corrected chi connectivity index (χ0v) is 14.4. The summed E-state index contributed by atoms with van der Waals surface area (Å²) >= 11 is 0. The Labute approximate surface area is 134 Å². The molecule has 22 heavy (non-hydrogen) atoms. The molecule has 0 aromatic carbocycles. The average molecular weight is 309 g/mol. The fourth-order valence-electron chi connectivity index (χ4n) is 3.31. The Morgan fingerprint density at radius 3 is 2.68 bits per heavy atom. The summed E-state index contributed by atoms with van der Waals surface area (Å²) in [7, 11) is 1.82. The van der Waals surface area contributed by atoms with Crippen molar-refractivity contribution in [2.75, 3.05) is 26.7 Å². The van der Waals surface area contributed by atoms with E-state index >= 15 is 0 Å². The number of rotatable bonds is 5. The SMILES string of the molecule is CN=C(NCCCC(=O)OC1CCCC1)N1CCC(C)(C)C1. The highest BCUT2D eigenvalue weighted by Gasteiger charge is 2.30. The minimum absolute atomic E-state index is 0.0500. The summed E-state index contributed by atoms with van der Waals surface area (Å²) in [6, 6.07) is 0. The van der Waals surface area contributed by atoms with E-state index in [0.29, 0.717) is 11.8 Å². The van der Waals surface area contributed by atoms with E-state index in [4.69, 9.17) is 4.74 Å². The van der Waals surface area contributed by atoms with Crippen molar-refractivity contribution in [1.29, 1.82) is 0 Å². The molecule has 2 aliphatic rings. The van der Waals surface area contributed by atoms with Crippen molar-refractivity contribution in [3.63, 3.8) is 0 Å². The highest BCUT2D eigenvalue weighted by molar-refractivity contribution is 5.80. The van der Waals surface area contributed by atoms with Crippen molar-refractivity contribution in [3.8, 4) is 0 Å². The summed E-state index contributed by atoms with van der Waals surface area (Å²) < 4.78 is 5.46. The van der Waals surface area contributed by atoms with Gasteiger partial charge in [-0.1, -0.05) is 13.8 Å². The summed E-state index contributed by atoms with van der Waals surface area (Å²) in [5, 5.41) is 3.37. The van der Waals surface area contributed by atoms with E-state index in [9.17, 15) is 4.79 Å². The van der Waals surface area contributed by atoms with Gasteiger partial charge in [-0.3, -0.25) is 9.79 Å². The van der Waals surface area contributed by atoms with Gasteiger partial charge in [-0.2, -0.15) is 0 Å². The third-order valence-electron chi connectivity index (χ3n) is 4.63. The highest BCUT2D eigenvalue weighted by atomic mass is 16.5. The smallest absolute Gasteiger partial charge is 0.306 e. The van der Waals surface area contributed by atoms with Gasteiger partial charge in [0.1, 0.15) is 6.10 Å². The van der Waals surface area contributed by atoms with Crippen molar-refractivity contribution in [2.45, 2.75) is 64.9 Å². The van der Waals surface area contributed by atoms with Crippen LogP contribution in [-0.2, 0) is 9.53 Å². The van der Waals surface area contributed by atoms with Gasteiger partial charge in [0.25, 0.3) is 0 Å². The number of hydrogen-bond donors (Lipinski definition) is 1. The first kappa shape index (κ1) is 17.1. The first-order chi connectivity index (χ1) is 10.5. The molecular formula is C17H31N3O2. The molecule has 1 aliphatic carbocycles. The Bertz CT molecular complexity index is 401. The second kappa shape index (κ2) is 7.84. The maximum atomic E-state index is 11.8. The van der Waals surface area contributed by atoms with Crippen molar-refractivity contribution < 1.29 is 9.53 Å². The van der Waals surface area contributed by atoms with Gasteiger partial charge in [-0.05, 0) is 43.9 Å². The van der Waals surface area contributed by atoms with Gasteiger partial charge in [0, 0.05) is 33.1 Å². The third kappa shape index (κ3) is 5.18. The van der Waals surface area contributed by atoms with Crippen LogP contribution in [0.1, 0.15) is 58.8 Å². The van der Waals surface area contributed by atoms with Gasteiger partial charge >= 0.3 is 5.97 Å².